The van der Waals surface area contributed by atoms with Crippen molar-refractivity contribution in [2.24, 2.45) is 0 Å². The van der Waals surface area contributed by atoms with Crippen molar-refractivity contribution < 1.29 is 14.6 Å². The lowest BCUT2D eigenvalue weighted by atomic mass is 10.1. The van der Waals surface area contributed by atoms with Crippen molar-refractivity contribution >= 4 is 5.91 Å². The zero-order chi connectivity index (χ0) is 14.1. The van der Waals surface area contributed by atoms with Crippen LogP contribution in [0.1, 0.15) is 25.3 Å². The van der Waals surface area contributed by atoms with Gasteiger partial charge in [-0.05, 0) is 37.1 Å². The summed E-state index contributed by atoms with van der Waals surface area (Å²) >= 11 is 0. The molecule has 0 bridgehead atoms. The Bertz CT molecular complexity index is 437. The van der Waals surface area contributed by atoms with Crippen molar-refractivity contribution in [3.05, 3.63) is 29.8 Å². The molecular weight excluding hydrogens is 244 g/mol. The van der Waals surface area contributed by atoms with E-state index in [1.807, 2.05) is 13.0 Å². The van der Waals surface area contributed by atoms with Gasteiger partial charge in [0.25, 0.3) is 5.91 Å². The maximum Gasteiger partial charge on any atom is 0.258 e. The Morgan fingerprint density at radius 2 is 2.16 bits per heavy atom. The largest absolute Gasteiger partial charge is 0.484 e. The smallest absolute Gasteiger partial charge is 0.258 e. The molecule has 102 valence electrons. The number of nitriles is 1. The molecular formula is C14H18N2O3. The van der Waals surface area contributed by atoms with E-state index in [0.717, 1.165) is 6.42 Å². The van der Waals surface area contributed by atoms with E-state index in [2.05, 4.69) is 5.32 Å². The second-order valence-corrected chi connectivity index (χ2v) is 4.11. The number of nitrogens with one attached hydrogen (secondary N) is 1. The number of benzene rings is 1. The highest BCUT2D eigenvalue weighted by molar-refractivity contribution is 5.77. The molecule has 0 aromatic heterocycles. The summed E-state index contributed by atoms with van der Waals surface area (Å²) in [6, 6.07) is 8.55. The molecule has 1 aromatic rings. The standard InChI is InChI=1S/C14H18N2O3/c1-2-12(7-8-17)16-14(18)10-19-13-5-3-11(9-15)4-6-13/h3-6,12,17H,2,7-8,10H2,1H3,(H,16,18). The molecule has 1 aromatic carbocycles. The van der Waals surface area contributed by atoms with Crippen LogP contribution in [0.2, 0.25) is 0 Å². The minimum atomic E-state index is -0.218. The van der Waals surface area contributed by atoms with Gasteiger partial charge < -0.3 is 15.2 Å². The van der Waals surface area contributed by atoms with Gasteiger partial charge >= 0.3 is 0 Å². The Hall–Kier alpha value is -2.06. The number of aliphatic hydroxyl groups excluding tert-OH is 1. The van der Waals surface area contributed by atoms with Gasteiger partial charge in [-0.2, -0.15) is 5.26 Å². The van der Waals surface area contributed by atoms with E-state index in [-0.39, 0.29) is 25.2 Å². The summed E-state index contributed by atoms with van der Waals surface area (Å²) in [5, 5.41) is 20.3. The van der Waals surface area contributed by atoms with Crippen molar-refractivity contribution in [3.63, 3.8) is 0 Å². The lowest BCUT2D eigenvalue weighted by molar-refractivity contribution is -0.123. The first-order chi connectivity index (χ1) is 9.19. The molecule has 0 aliphatic carbocycles. The Morgan fingerprint density at radius 1 is 1.47 bits per heavy atom. The van der Waals surface area contributed by atoms with Gasteiger partial charge in [-0.1, -0.05) is 6.92 Å². The fourth-order valence-electron chi connectivity index (χ4n) is 1.58. The maximum absolute atomic E-state index is 11.6. The van der Waals surface area contributed by atoms with Crippen LogP contribution in [0, 0.1) is 11.3 Å². The summed E-state index contributed by atoms with van der Waals surface area (Å²) in [6.07, 6.45) is 1.31. The number of nitrogens with zero attached hydrogens (tertiary/aromatic N) is 1. The number of carbonyl (C=O) groups is 1. The highest BCUT2D eigenvalue weighted by Crippen LogP contribution is 2.11. The molecule has 2 N–H and O–H groups in total. The van der Waals surface area contributed by atoms with Crippen LogP contribution in [-0.2, 0) is 4.79 Å². The summed E-state index contributed by atoms with van der Waals surface area (Å²) < 4.78 is 5.31. The second kappa shape index (κ2) is 8.11. The molecule has 0 heterocycles. The van der Waals surface area contributed by atoms with Crippen LogP contribution in [0.25, 0.3) is 0 Å². The van der Waals surface area contributed by atoms with E-state index in [1.165, 1.54) is 0 Å². The normalized spacial score (nSPS) is 11.4. The summed E-state index contributed by atoms with van der Waals surface area (Å²) in [7, 11) is 0. The summed E-state index contributed by atoms with van der Waals surface area (Å²) in [5.74, 6) is 0.328. The van der Waals surface area contributed by atoms with Crippen molar-refractivity contribution in [3.8, 4) is 11.8 Å². The quantitative estimate of drug-likeness (QED) is 0.774. The molecule has 0 fully saturated rings. The predicted octanol–water partition coefficient (Wildman–Crippen LogP) is 1.21. The molecule has 0 spiro atoms. The molecule has 1 rings (SSSR count). The third-order valence-electron chi connectivity index (χ3n) is 2.69. The van der Waals surface area contributed by atoms with E-state index in [1.54, 1.807) is 24.3 Å². The van der Waals surface area contributed by atoms with Crippen molar-refractivity contribution in [1.82, 2.24) is 5.32 Å². The minimum absolute atomic E-state index is 0.0259. The van der Waals surface area contributed by atoms with Crippen LogP contribution in [0.4, 0.5) is 0 Å². The molecule has 1 atom stereocenters. The zero-order valence-electron chi connectivity index (χ0n) is 10.9. The highest BCUT2D eigenvalue weighted by atomic mass is 16.5. The third-order valence-corrected chi connectivity index (χ3v) is 2.69. The number of aliphatic hydroxyl groups is 1. The molecule has 5 nitrogen and oxygen atoms in total. The van der Waals surface area contributed by atoms with Crippen LogP contribution in [0.15, 0.2) is 24.3 Å². The molecule has 0 saturated carbocycles. The van der Waals surface area contributed by atoms with Crippen LogP contribution in [0.5, 0.6) is 5.75 Å². The molecule has 0 aliphatic heterocycles. The number of amides is 1. The van der Waals surface area contributed by atoms with Gasteiger partial charge in [0.2, 0.25) is 0 Å². The van der Waals surface area contributed by atoms with E-state index < -0.39 is 0 Å². The van der Waals surface area contributed by atoms with E-state index in [0.29, 0.717) is 17.7 Å². The van der Waals surface area contributed by atoms with Gasteiger partial charge in [-0.15, -0.1) is 0 Å². The van der Waals surface area contributed by atoms with Crippen molar-refractivity contribution in [1.29, 1.82) is 5.26 Å². The topological polar surface area (TPSA) is 82.3 Å². The number of ether oxygens (including phenoxy) is 1. The average Bonchev–Trinajstić information content (AvgIpc) is 2.45. The van der Waals surface area contributed by atoms with E-state index >= 15 is 0 Å². The minimum Gasteiger partial charge on any atom is -0.484 e. The maximum atomic E-state index is 11.6. The SMILES string of the molecule is CCC(CCO)NC(=O)COc1ccc(C#N)cc1. The predicted molar refractivity (Wildman–Crippen MR) is 70.6 cm³/mol. The number of hydrogen-bond acceptors (Lipinski definition) is 4. The third kappa shape index (κ3) is 5.40. The van der Waals surface area contributed by atoms with Crippen LogP contribution in [-0.4, -0.2) is 30.3 Å². The van der Waals surface area contributed by atoms with E-state index in [9.17, 15) is 4.79 Å². The first-order valence-electron chi connectivity index (χ1n) is 6.22. The lowest BCUT2D eigenvalue weighted by Gasteiger charge is -2.15. The number of rotatable bonds is 7. The Morgan fingerprint density at radius 3 is 2.68 bits per heavy atom. The number of hydrogen-bond donors (Lipinski definition) is 2. The van der Waals surface area contributed by atoms with Crippen molar-refractivity contribution in [2.45, 2.75) is 25.8 Å². The monoisotopic (exact) mass is 262 g/mol. The van der Waals surface area contributed by atoms with Gasteiger partial charge in [-0.25, -0.2) is 0 Å². The Balaban J connectivity index is 2.38. The van der Waals surface area contributed by atoms with Crippen LogP contribution >= 0.6 is 0 Å². The molecule has 1 unspecified atom stereocenters. The van der Waals surface area contributed by atoms with Gasteiger partial charge in [0, 0.05) is 12.6 Å². The molecule has 0 saturated heterocycles. The molecule has 0 radical (unpaired) electrons. The fourth-order valence-corrected chi connectivity index (χ4v) is 1.58. The molecule has 0 aliphatic rings. The van der Waals surface area contributed by atoms with Crippen LogP contribution < -0.4 is 10.1 Å². The lowest BCUT2D eigenvalue weighted by Crippen LogP contribution is -2.38. The summed E-state index contributed by atoms with van der Waals surface area (Å²) in [5.41, 5.74) is 0.547. The Labute approximate surface area is 112 Å². The average molecular weight is 262 g/mol. The summed E-state index contributed by atoms with van der Waals surface area (Å²) in [6.45, 7) is 1.92. The first kappa shape index (κ1) is 15.0. The highest BCUT2D eigenvalue weighted by Gasteiger charge is 2.10. The second-order valence-electron chi connectivity index (χ2n) is 4.11. The Kier molecular flexibility index (Phi) is 6.41. The van der Waals surface area contributed by atoms with Gasteiger partial charge in [-0.3, -0.25) is 4.79 Å². The molecule has 19 heavy (non-hydrogen) atoms. The van der Waals surface area contributed by atoms with Gasteiger partial charge in [0.05, 0.1) is 11.6 Å². The molecule has 1 amide bonds. The zero-order valence-corrected chi connectivity index (χ0v) is 10.9. The van der Waals surface area contributed by atoms with Crippen LogP contribution in [0.3, 0.4) is 0 Å². The first-order valence-corrected chi connectivity index (χ1v) is 6.22. The van der Waals surface area contributed by atoms with Gasteiger partial charge in [0.1, 0.15) is 5.75 Å². The molecule has 5 heteroatoms. The van der Waals surface area contributed by atoms with E-state index in [4.69, 9.17) is 15.1 Å². The summed E-state index contributed by atoms with van der Waals surface area (Å²) in [4.78, 5) is 11.6. The number of carbonyl (C=O) groups excluding carboxylic acids is 1. The fraction of sp³-hybridized carbons (Fsp3) is 0.429. The van der Waals surface area contributed by atoms with Crippen molar-refractivity contribution in [2.75, 3.05) is 13.2 Å². The van der Waals surface area contributed by atoms with Gasteiger partial charge in [0.15, 0.2) is 6.61 Å².